The molecule has 0 saturated carbocycles. The van der Waals surface area contributed by atoms with Gasteiger partial charge in [0, 0.05) is 22.9 Å². The van der Waals surface area contributed by atoms with Gasteiger partial charge in [-0.05, 0) is 24.6 Å². The van der Waals surface area contributed by atoms with Crippen LogP contribution in [-0.2, 0) is 37.9 Å². The molecule has 0 unspecified atom stereocenters. The number of amides is 1. The zero-order valence-electron chi connectivity index (χ0n) is 16.5. The fourth-order valence-electron chi connectivity index (χ4n) is 2.63. The van der Waals surface area contributed by atoms with E-state index in [9.17, 15) is 4.79 Å². The number of ether oxygens (including phenoxy) is 3. The number of carbonyl (C=O) groups is 1. The first-order valence-electron chi connectivity index (χ1n) is 9.45. The minimum absolute atomic E-state index is 0.234. The van der Waals surface area contributed by atoms with E-state index in [1.807, 2.05) is 54.0 Å². The van der Waals surface area contributed by atoms with E-state index in [1.54, 1.807) is 11.8 Å². The normalized spacial score (nSPS) is 11.0. The van der Waals surface area contributed by atoms with E-state index >= 15 is 0 Å². The van der Waals surface area contributed by atoms with Crippen molar-refractivity contribution in [1.82, 2.24) is 4.57 Å². The van der Waals surface area contributed by atoms with Gasteiger partial charge >= 0.3 is 0 Å². The third-order valence-corrected chi connectivity index (χ3v) is 5.04. The Morgan fingerprint density at radius 1 is 0.964 bits per heavy atom. The van der Waals surface area contributed by atoms with E-state index in [-0.39, 0.29) is 12.5 Å². The summed E-state index contributed by atoms with van der Waals surface area (Å²) in [6.45, 7) is 5.80. The van der Waals surface area contributed by atoms with Gasteiger partial charge in [-0.1, -0.05) is 30.3 Å². The Labute approximate surface area is 171 Å². The zero-order valence-corrected chi connectivity index (χ0v) is 17.3. The number of rotatable bonds is 15. The SMILES string of the molecule is Cc1ccc(CSCCOCCOCCOCc2ccccc2)n1CC(N)=O. The molecule has 0 aliphatic heterocycles. The molecular formula is C21H30N2O4S. The van der Waals surface area contributed by atoms with Gasteiger partial charge in [0.15, 0.2) is 0 Å². The quantitative estimate of drug-likeness (QED) is 0.460. The third-order valence-electron chi connectivity index (χ3n) is 4.08. The summed E-state index contributed by atoms with van der Waals surface area (Å²) >= 11 is 1.77. The van der Waals surface area contributed by atoms with Crippen molar-refractivity contribution in [2.24, 2.45) is 5.73 Å². The van der Waals surface area contributed by atoms with Crippen LogP contribution < -0.4 is 5.73 Å². The highest BCUT2D eigenvalue weighted by atomic mass is 32.2. The van der Waals surface area contributed by atoms with Gasteiger partial charge in [0.2, 0.25) is 5.91 Å². The number of nitrogens with two attached hydrogens (primary N) is 1. The summed E-state index contributed by atoms with van der Waals surface area (Å²) in [5.74, 6) is 1.40. The summed E-state index contributed by atoms with van der Waals surface area (Å²) in [5, 5.41) is 0. The van der Waals surface area contributed by atoms with Crippen molar-refractivity contribution in [2.45, 2.75) is 25.8 Å². The Morgan fingerprint density at radius 2 is 1.64 bits per heavy atom. The van der Waals surface area contributed by atoms with Crippen molar-refractivity contribution < 1.29 is 19.0 Å². The molecule has 2 rings (SSSR count). The fraction of sp³-hybridized carbons (Fsp3) is 0.476. The van der Waals surface area contributed by atoms with Crippen molar-refractivity contribution in [3.05, 3.63) is 59.4 Å². The number of benzene rings is 1. The maximum Gasteiger partial charge on any atom is 0.237 e. The molecule has 6 nitrogen and oxygen atoms in total. The highest BCUT2D eigenvalue weighted by Crippen LogP contribution is 2.15. The van der Waals surface area contributed by atoms with E-state index in [0.717, 1.165) is 22.9 Å². The van der Waals surface area contributed by atoms with Crippen molar-refractivity contribution in [1.29, 1.82) is 0 Å². The van der Waals surface area contributed by atoms with Crippen molar-refractivity contribution in [3.63, 3.8) is 0 Å². The molecule has 0 atom stereocenters. The average molecular weight is 407 g/mol. The number of hydrogen-bond donors (Lipinski definition) is 1. The van der Waals surface area contributed by atoms with Gasteiger partial charge in [0.25, 0.3) is 0 Å². The van der Waals surface area contributed by atoms with Crippen LogP contribution in [0.5, 0.6) is 0 Å². The predicted octanol–water partition coefficient (Wildman–Crippen LogP) is 2.77. The average Bonchev–Trinajstić information content (AvgIpc) is 3.02. The lowest BCUT2D eigenvalue weighted by molar-refractivity contribution is -0.118. The van der Waals surface area contributed by atoms with Gasteiger partial charge in [0.05, 0.1) is 39.6 Å². The van der Waals surface area contributed by atoms with Gasteiger partial charge in [0.1, 0.15) is 6.54 Å². The standard InChI is InChI=1S/C21H30N2O4S/c1-18-7-8-20(23(18)15-21(22)24)17-28-14-13-26-10-9-25-11-12-27-16-19-5-3-2-4-6-19/h2-8H,9-17H2,1H3,(H2,22,24). The van der Waals surface area contributed by atoms with Crippen LogP contribution in [0.1, 0.15) is 17.0 Å². The van der Waals surface area contributed by atoms with Gasteiger partial charge in [-0.15, -0.1) is 0 Å². The van der Waals surface area contributed by atoms with Crippen molar-refractivity contribution >= 4 is 17.7 Å². The maximum atomic E-state index is 11.2. The third kappa shape index (κ3) is 8.93. The second-order valence-corrected chi connectivity index (χ2v) is 7.44. The number of nitrogens with zero attached hydrogens (tertiary/aromatic N) is 1. The molecule has 2 N–H and O–H groups in total. The van der Waals surface area contributed by atoms with Crippen LogP contribution in [0, 0.1) is 6.92 Å². The molecule has 0 spiro atoms. The molecule has 0 bridgehead atoms. The van der Waals surface area contributed by atoms with Gasteiger partial charge in [-0.3, -0.25) is 4.79 Å². The second-order valence-electron chi connectivity index (χ2n) is 6.33. The van der Waals surface area contributed by atoms with Crippen LogP contribution >= 0.6 is 11.8 Å². The van der Waals surface area contributed by atoms with Crippen LogP contribution in [0.4, 0.5) is 0 Å². The van der Waals surface area contributed by atoms with Gasteiger partial charge < -0.3 is 24.5 Å². The minimum Gasteiger partial charge on any atom is -0.378 e. The molecule has 1 aromatic carbocycles. The summed E-state index contributed by atoms with van der Waals surface area (Å²) in [5.41, 5.74) is 8.63. The maximum absolute atomic E-state index is 11.2. The number of aromatic nitrogens is 1. The van der Waals surface area contributed by atoms with Crippen molar-refractivity contribution in [2.75, 3.05) is 38.8 Å². The molecule has 2 aromatic rings. The Bertz CT molecular complexity index is 691. The molecule has 0 radical (unpaired) electrons. The molecule has 7 heteroatoms. The summed E-state index contributed by atoms with van der Waals surface area (Å²) < 4.78 is 18.6. The Hall–Kier alpha value is -1.80. The Morgan fingerprint density at radius 3 is 2.36 bits per heavy atom. The first-order chi connectivity index (χ1) is 13.7. The van der Waals surface area contributed by atoms with Gasteiger partial charge in [-0.25, -0.2) is 0 Å². The smallest absolute Gasteiger partial charge is 0.237 e. The van der Waals surface area contributed by atoms with Crippen LogP contribution in [0.15, 0.2) is 42.5 Å². The van der Waals surface area contributed by atoms with E-state index in [4.69, 9.17) is 19.9 Å². The van der Waals surface area contributed by atoms with Crippen LogP contribution in [0.3, 0.4) is 0 Å². The highest BCUT2D eigenvalue weighted by molar-refractivity contribution is 7.98. The number of hydrogen-bond acceptors (Lipinski definition) is 5. The Kier molecular flexibility index (Phi) is 10.8. The summed E-state index contributed by atoms with van der Waals surface area (Å²) in [7, 11) is 0. The zero-order chi connectivity index (χ0) is 20.0. The summed E-state index contributed by atoms with van der Waals surface area (Å²) in [6, 6.07) is 14.1. The first kappa shape index (κ1) is 22.5. The lowest BCUT2D eigenvalue weighted by atomic mass is 10.2. The molecule has 1 heterocycles. The predicted molar refractivity (Wildman–Crippen MR) is 112 cm³/mol. The fourth-order valence-corrected chi connectivity index (χ4v) is 3.47. The van der Waals surface area contributed by atoms with Gasteiger partial charge in [-0.2, -0.15) is 11.8 Å². The number of carbonyl (C=O) groups excluding carboxylic acids is 1. The lowest BCUT2D eigenvalue weighted by Gasteiger charge is -2.10. The monoisotopic (exact) mass is 406 g/mol. The molecule has 0 saturated heterocycles. The molecule has 0 aliphatic rings. The topological polar surface area (TPSA) is 75.7 Å². The summed E-state index contributed by atoms with van der Waals surface area (Å²) in [6.07, 6.45) is 0. The number of aryl methyl sites for hydroxylation is 1. The first-order valence-corrected chi connectivity index (χ1v) is 10.6. The van der Waals surface area contributed by atoms with Crippen LogP contribution in [-0.4, -0.2) is 49.3 Å². The molecule has 1 amide bonds. The summed E-state index contributed by atoms with van der Waals surface area (Å²) in [4.78, 5) is 11.2. The molecule has 1 aromatic heterocycles. The number of thioether (sulfide) groups is 1. The van der Waals surface area contributed by atoms with E-state index in [2.05, 4.69) is 0 Å². The molecule has 154 valence electrons. The highest BCUT2D eigenvalue weighted by Gasteiger charge is 2.07. The minimum atomic E-state index is -0.320. The molecule has 0 fully saturated rings. The largest absolute Gasteiger partial charge is 0.378 e. The molecule has 0 aliphatic carbocycles. The van der Waals surface area contributed by atoms with Crippen LogP contribution in [0.2, 0.25) is 0 Å². The molecule has 28 heavy (non-hydrogen) atoms. The van der Waals surface area contributed by atoms with Crippen molar-refractivity contribution in [3.8, 4) is 0 Å². The lowest BCUT2D eigenvalue weighted by Crippen LogP contribution is -2.20. The van der Waals surface area contributed by atoms with E-state index < -0.39 is 0 Å². The Balaban J connectivity index is 1.41. The van der Waals surface area contributed by atoms with E-state index in [0.29, 0.717) is 39.6 Å². The number of primary amides is 1. The van der Waals surface area contributed by atoms with Crippen LogP contribution in [0.25, 0.3) is 0 Å². The van der Waals surface area contributed by atoms with E-state index in [1.165, 1.54) is 5.56 Å². The molecular weight excluding hydrogens is 376 g/mol. The second kappa shape index (κ2) is 13.4.